The third-order valence-corrected chi connectivity index (χ3v) is 4.53. The van der Waals surface area contributed by atoms with E-state index in [0.717, 1.165) is 6.07 Å². The lowest BCUT2D eigenvalue weighted by Gasteiger charge is -2.10. The van der Waals surface area contributed by atoms with E-state index >= 15 is 0 Å². The molecule has 0 saturated carbocycles. The Kier molecular flexibility index (Phi) is 5.41. The number of nitro groups is 1. The van der Waals surface area contributed by atoms with Gasteiger partial charge in [0, 0.05) is 24.9 Å². The fraction of sp³-hybridized carbons (Fsp3) is 0.0526. The first kappa shape index (κ1) is 20.2. The van der Waals surface area contributed by atoms with Crippen molar-refractivity contribution in [2.75, 3.05) is 0 Å². The van der Waals surface area contributed by atoms with Crippen molar-refractivity contribution in [1.29, 1.82) is 0 Å². The smallest absolute Gasteiger partial charge is 0.271 e. The van der Waals surface area contributed by atoms with Crippen LogP contribution in [0.1, 0.15) is 15.9 Å². The summed E-state index contributed by atoms with van der Waals surface area (Å²) in [6.45, 7) is 0.0607. The summed E-state index contributed by atoms with van der Waals surface area (Å²) in [6.07, 6.45) is 1.37. The van der Waals surface area contributed by atoms with Crippen LogP contribution >= 0.6 is 11.6 Å². The number of aromatic nitrogens is 4. The normalized spacial score (nSPS) is 10.8. The Morgan fingerprint density at radius 2 is 2.00 bits per heavy atom. The summed E-state index contributed by atoms with van der Waals surface area (Å²) in [7, 11) is 0. The monoisotopic (exact) mass is 442 g/mol. The lowest BCUT2D eigenvalue weighted by atomic mass is 10.2. The van der Waals surface area contributed by atoms with Crippen LogP contribution in [-0.2, 0) is 6.54 Å². The molecule has 0 unspecified atom stereocenters. The minimum Gasteiger partial charge on any atom is -0.453 e. The molecule has 0 radical (unpaired) electrons. The van der Waals surface area contributed by atoms with Crippen LogP contribution in [0.4, 0.5) is 10.1 Å². The minimum atomic E-state index is -0.688. The highest BCUT2D eigenvalue weighted by atomic mass is 35.5. The Bertz CT molecular complexity index is 1310. The van der Waals surface area contributed by atoms with Gasteiger partial charge in [0.05, 0.1) is 15.5 Å². The van der Waals surface area contributed by atoms with Gasteiger partial charge in [-0.2, -0.15) is 10.3 Å². The average Bonchev–Trinajstić information content (AvgIpc) is 3.22. The molecule has 0 aliphatic rings. The van der Waals surface area contributed by atoms with Gasteiger partial charge in [-0.1, -0.05) is 17.7 Å². The Balaban J connectivity index is 1.42. The number of fused-ring (bicyclic) bond motifs is 1. The zero-order chi connectivity index (χ0) is 22.0. The van der Waals surface area contributed by atoms with E-state index in [9.17, 15) is 19.3 Å². The number of pyridine rings is 1. The van der Waals surface area contributed by atoms with Crippen LogP contribution in [0.15, 0.2) is 48.7 Å². The van der Waals surface area contributed by atoms with Crippen molar-refractivity contribution in [3.05, 3.63) is 80.7 Å². The van der Waals surface area contributed by atoms with E-state index in [0.29, 0.717) is 16.7 Å². The van der Waals surface area contributed by atoms with Gasteiger partial charge < -0.3 is 10.1 Å². The van der Waals surface area contributed by atoms with Gasteiger partial charge >= 0.3 is 0 Å². The number of nitro benzene ring substituents is 1. The topological polar surface area (TPSA) is 136 Å². The number of nitrogens with zero attached hydrogens (tertiary/aromatic N) is 4. The number of rotatable bonds is 6. The number of amides is 1. The SMILES string of the molecule is O=C(NCc1ccc(Oc2ccc([N+](=O)[O-])cc2Cl)c(F)c1)c1cnc2n[nH]nc2c1. The quantitative estimate of drug-likeness (QED) is 0.342. The number of nitrogens with one attached hydrogen (secondary N) is 2. The summed E-state index contributed by atoms with van der Waals surface area (Å²) >= 11 is 5.96. The van der Waals surface area contributed by atoms with Crippen LogP contribution < -0.4 is 10.1 Å². The van der Waals surface area contributed by atoms with Gasteiger partial charge in [-0.05, 0) is 29.8 Å². The number of hydrogen-bond donors (Lipinski definition) is 2. The first-order valence-electron chi connectivity index (χ1n) is 8.75. The number of carbonyl (C=O) groups excluding carboxylic acids is 1. The lowest BCUT2D eigenvalue weighted by Crippen LogP contribution is -2.23. The third-order valence-electron chi connectivity index (χ3n) is 4.23. The number of ether oxygens (including phenoxy) is 1. The minimum absolute atomic E-state index is 0.0253. The molecule has 4 aromatic rings. The van der Waals surface area contributed by atoms with Crippen LogP contribution in [0.3, 0.4) is 0 Å². The molecular weight excluding hydrogens is 431 g/mol. The molecule has 1 amide bonds. The van der Waals surface area contributed by atoms with Crippen LogP contribution in [0.25, 0.3) is 11.2 Å². The summed E-state index contributed by atoms with van der Waals surface area (Å²) in [6, 6.07) is 9.28. The Morgan fingerprint density at radius 3 is 2.74 bits per heavy atom. The molecule has 0 bridgehead atoms. The highest BCUT2D eigenvalue weighted by Crippen LogP contribution is 2.33. The van der Waals surface area contributed by atoms with Gasteiger partial charge in [0.15, 0.2) is 11.6 Å². The van der Waals surface area contributed by atoms with Crippen LogP contribution in [-0.4, -0.2) is 31.2 Å². The zero-order valence-electron chi connectivity index (χ0n) is 15.5. The van der Waals surface area contributed by atoms with Crippen molar-refractivity contribution in [3.8, 4) is 11.5 Å². The Labute approximate surface area is 178 Å². The average molecular weight is 443 g/mol. The predicted octanol–water partition coefficient (Wildman–Crippen LogP) is 3.78. The molecule has 0 aliphatic heterocycles. The second-order valence-electron chi connectivity index (χ2n) is 6.31. The van der Waals surface area contributed by atoms with E-state index in [1.807, 2.05) is 0 Å². The molecular formula is C19H12ClFN6O4. The molecule has 10 nitrogen and oxygen atoms in total. The van der Waals surface area contributed by atoms with Crippen LogP contribution in [0.5, 0.6) is 11.5 Å². The van der Waals surface area contributed by atoms with E-state index in [1.54, 1.807) is 6.07 Å². The first-order chi connectivity index (χ1) is 14.9. The highest BCUT2D eigenvalue weighted by Gasteiger charge is 2.14. The van der Waals surface area contributed by atoms with Gasteiger partial charge in [-0.15, -0.1) is 5.10 Å². The van der Waals surface area contributed by atoms with Gasteiger partial charge in [-0.25, -0.2) is 9.37 Å². The summed E-state index contributed by atoms with van der Waals surface area (Å²) in [5, 5.41) is 23.5. The molecule has 156 valence electrons. The third kappa shape index (κ3) is 4.41. The molecule has 2 heterocycles. The van der Waals surface area contributed by atoms with Gasteiger partial charge in [0.1, 0.15) is 11.3 Å². The summed E-state index contributed by atoms with van der Waals surface area (Å²) in [5.41, 5.74) is 1.41. The lowest BCUT2D eigenvalue weighted by molar-refractivity contribution is -0.384. The van der Waals surface area contributed by atoms with Crippen molar-refractivity contribution >= 4 is 34.4 Å². The number of non-ortho nitro benzene ring substituents is 1. The van der Waals surface area contributed by atoms with Crippen molar-refractivity contribution < 1.29 is 18.8 Å². The van der Waals surface area contributed by atoms with E-state index in [4.69, 9.17) is 16.3 Å². The van der Waals surface area contributed by atoms with E-state index in [1.165, 1.54) is 36.5 Å². The van der Waals surface area contributed by atoms with E-state index in [-0.39, 0.29) is 34.3 Å². The first-order valence-corrected chi connectivity index (χ1v) is 9.13. The van der Waals surface area contributed by atoms with Gasteiger partial charge in [-0.3, -0.25) is 14.9 Å². The number of halogens is 2. The number of carbonyl (C=O) groups is 1. The largest absolute Gasteiger partial charge is 0.453 e. The molecule has 31 heavy (non-hydrogen) atoms. The molecule has 0 atom stereocenters. The molecule has 0 saturated heterocycles. The fourth-order valence-corrected chi connectivity index (χ4v) is 2.90. The molecule has 2 N–H and O–H groups in total. The molecule has 12 heteroatoms. The van der Waals surface area contributed by atoms with Crippen LogP contribution in [0, 0.1) is 15.9 Å². The fourth-order valence-electron chi connectivity index (χ4n) is 2.69. The predicted molar refractivity (Wildman–Crippen MR) is 107 cm³/mol. The van der Waals surface area contributed by atoms with Crippen LogP contribution in [0.2, 0.25) is 5.02 Å². The number of benzene rings is 2. The molecule has 2 aromatic carbocycles. The summed E-state index contributed by atoms with van der Waals surface area (Å²) in [5.74, 6) is -1.14. The maximum Gasteiger partial charge on any atom is 0.271 e. The second kappa shape index (κ2) is 8.32. The van der Waals surface area contributed by atoms with Crippen molar-refractivity contribution in [2.45, 2.75) is 6.54 Å². The number of hydrogen-bond acceptors (Lipinski definition) is 7. The molecule has 0 fully saturated rings. The maximum absolute atomic E-state index is 14.4. The van der Waals surface area contributed by atoms with E-state index in [2.05, 4.69) is 25.7 Å². The van der Waals surface area contributed by atoms with Gasteiger partial charge in [0.2, 0.25) is 5.65 Å². The number of aromatic amines is 1. The Morgan fingerprint density at radius 1 is 1.19 bits per heavy atom. The standard InChI is InChI=1S/C19H12ClFN6O4/c20-13-7-12(27(29)30)2-4-16(13)31-17-3-1-10(5-14(17)21)8-23-19(28)11-6-15-18(22-9-11)25-26-24-15/h1-7,9H,8H2,(H,23,28)(H,22,24,25,26). The van der Waals surface area contributed by atoms with E-state index < -0.39 is 16.6 Å². The van der Waals surface area contributed by atoms with Crippen molar-refractivity contribution in [1.82, 2.24) is 25.7 Å². The summed E-state index contributed by atoms with van der Waals surface area (Å²) < 4.78 is 19.9. The van der Waals surface area contributed by atoms with Crippen molar-refractivity contribution in [2.24, 2.45) is 0 Å². The maximum atomic E-state index is 14.4. The second-order valence-corrected chi connectivity index (χ2v) is 6.72. The highest BCUT2D eigenvalue weighted by molar-refractivity contribution is 6.32. The summed E-state index contributed by atoms with van der Waals surface area (Å²) in [4.78, 5) is 26.5. The molecule has 4 rings (SSSR count). The zero-order valence-corrected chi connectivity index (χ0v) is 16.3. The van der Waals surface area contributed by atoms with Gasteiger partial charge in [0.25, 0.3) is 11.6 Å². The molecule has 2 aromatic heterocycles. The molecule has 0 spiro atoms. The number of H-pyrrole nitrogens is 1. The molecule has 0 aliphatic carbocycles. The Hall–Kier alpha value is -4.12. The van der Waals surface area contributed by atoms with Crippen molar-refractivity contribution in [3.63, 3.8) is 0 Å².